The Morgan fingerprint density at radius 2 is 2.22 bits per heavy atom. The lowest BCUT2D eigenvalue weighted by molar-refractivity contribution is -0.163. The van der Waals surface area contributed by atoms with Crippen LogP contribution in [-0.4, -0.2) is 56.7 Å². The Labute approximate surface area is 165 Å². The molecule has 1 aromatic heterocycles. The van der Waals surface area contributed by atoms with Gasteiger partial charge in [-0.2, -0.15) is 0 Å². The number of fused-ring (bicyclic) bond motifs is 1. The number of β-lactam (4-membered cyclic amide) rings is 1. The topological polar surface area (TPSA) is 103 Å². The number of hydrogen-bond donors (Lipinski definition) is 3. The van der Waals surface area contributed by atoms with Crippen molar-refractivity contribution in [3.05, 3.63) is 27.8 Å². The van der Waals surface area contributed by atoms with E-state index in [1.807, 2.05) is 12.3 Å². The van der Waals surface area contributed by atoms with Crippen molar-refractivity contribution in [3.63, 3.8) is 0 Å². The number of amides is 1. The number of hydrogen-bond acceptors (Lipinski definition) is 7. The van der Waals surface area contributed by atoms with Crippen LogP contribution in [-0.2, 0) is 9.59 Å². The molecule has 9 heteroatoms. The van der Waals surface area contributed by atoms with E-state index < -0.39 is 18.0 Å². The number of carbonyl (C=O) groups is 2. The molecule has 1 fully saturated rings. The minimum Gasteiger partial charge on any atom is -0.477 e. The first kappa shape index (κ1) is 18.7. The van der Waals surface area contributed by atoms with E-state index in [1.165, 1.54) is 28.0 Å². The summed E-state index contributed by atoms with van der Waals surface area (Å²) in [5, 5.41) is 24.9. The highest BCUT2D eigenvalue weighted by molar-refractivity contribution is 8.04. The van der Waals surface area contributed by atoms with E-state index in [0.717, 1.165) is 22.2 Å². The van der Waals surface area contributed by atoms with E-state index in [-0.39, 0.29) is 23.6 Å². The van der Waals surface area contributed by atoms with Gasteiger partial charge in [0.25, 0.3) is 0 Å². The molecule has 4 rings (SSSR count). The minimum atomic E-state index is -1.11. The fourth-order valence-corrected chi connectivity index (χ4v) is 6.18. The molecule has 3 N–H and O–H groups in total. The molecule has 4 heterocycles. The van der Waals surface area contributed by atoms with Crippen LogP contribution in [0.3, 0.4) is 0 Å². The third-order valence-electron chi connectivity index (χ3n) is 5.39. The number of carboxylic acid groups (broad SMARTS) is 1. The van der Waals surface area contributed by atoms with Gasteiger partial charge in [-0.25, -0.2) is 9.78 Å². The van der Waals surface area contributed by atoms with Crippen LogP contribution in [0.2, 0.25) is 0 Å². The number of aliphatic hydroxyl groups excluding tert-OH is 1. The SMILES string of the molecule is C[C@H]1C=C(c2csc(SC3=C(C(=O)O)N4C(=O)[C@H]([C@@H](C)O)[C@H]4[C@H]3C)n2)CN1. The number of nitrogens with one attached hydrogen (secondary N) is 1. The Morgan fingerprint density at radius 3 is 2.81 bits per heavy atom. The van der Waals surface area contributed by atoms with Crippen LogP contribution in [0.15, 0.2) is 26.4 Å². The summed E-state index contributed by atoms with van der Waals surface area (Å²) in [5.74, 6) is -2.13. The number of thiazole rings is 1. The van der Waals surface area contributed by atoms with Gasteiger partial charge in [-0.05, 0) is 19.4 Å². The van der Waals surface area contributed by atoms with E-state index in [1.54, 1.807) is 6.92 Å². The van der Waals surface area contributed by atoms with Crippen LogP contribution >= 0.6 is 23.1 Å². The number of carbonyl (C=O) groups excluding carboxylic acids is 1. The molecule has 0 unspecified atom stereocenters. The molecule has 144 valence electrons. The van der Waals surface area contributed by atoms with E-state index in [2.05, 4.69) is 23.3 Å². The largest absolute Gasteiger partial charge is 0.477 e. The molecule has 1 aromatic rings. The highest BCUT2D eigenvalue weighted by Crippen LogP contribution is 2.52. The van der Waals surface area contributed by atoms with Gasteiger partial charge in [0.15, 0.2) is 4.34 Å². The highest BCUT2D eigenvalue weighted by atomic mass is 32.2. The average Bonchev–Trinajstić information content (AvgIpc) is 3.27. The smallest absolute Gasteiger partial charge is 0.353 e. The normalized spacial score (nSPS) is 31.0. The number of rotatable bonds is 5. The number of thioether (sulfide) groups is 1. The Morgan fingerprint density at radius 1 is 1.48 bits per heavy atom. The zero-order valence-corrected chi connectivity index (χ0v) is 16.8. The van der Waals surface area contributed by atoms with Crippen LogP contribution in [0.4, 0.5) is 0 Å². The summed E-state index contributed by atoms with van der Waals surface area (Å²) >= 11 is 2.80. The van der Waals surface area contributed by atoms with Crippen LogP contribution in [0.1, 0.15) is 26.5 Å². The molecule has 5 atom stereocenters. The average molecular weight is 408 g/mol. The first-order valence-corrected chi connectivity index (χ1v) is 10.6. The van der Waals surface area contributed by atoms with Gasteiger partial charge in [-0.3, -0.25) is 4.79 Å². The molecule has 7 nitrogen and oxygen atoms in total. The van der Waals surface area contributed by atoms with E-state index >= 15 is 0 Å². The second-order valence-corrected chi connectivity index (χ2v) is 9.38. The molecular formula is C18H21N3O4S2. The molecule has 0 saturated carbocycles. The molecule has 0 radical (unpaired) electrons. The van der Waals surface area contributed by atoms with Crippen molar-refractivity contribution in [2.75, 3.05) is 6.54 Å². The van der Waals surface area contributed by atoms with Gasteiger partial charge in [0.05, 0.1) is 23.8 Å². The quantitative estimate of drug-likeness (QED) is 0.639. The van der Waals surface area contributed by atoms with Crippen molar-refractivity contribution in [2.45, 2.75) is 43.3 Å². The number of carboxylic acids is 1. The van der Waals surface area contributed by atoms with Gasteiger partial charge in [0.1, 0.15) is 5.70 Å². The second kappa shape index (κ2) is 6.73. The van der Waals surface area contributed by atoms with Crippen molar-refractivity contribution < 1.29 is 19.8 Å². The molecule has 0 aromatic carbocycles. The van der Waals surface area contributed by atoms with Gasteiger partial charge in [-0.15, -0.1) is 11.3 Å². The fraction of sp³-hybridized carbons (Fsp3) is 0.500. The van der Waals surface area contributed by atoms with E-state index in [4.69, 9.17) is 0 Å². The Kier molecular flexibility index (Phi) is 4.66. The lowest BCUT2D eigenvalue weighted by Gasteiger charge is -2.46. The first-order valence-electron chi connectivity index (χ1n) is 8.86. The maximum absolute atomic E-state index is 12.4. The maximum atomic E-state index is 12.4. The minimum absolute atomic E-state index is 0.0338. The molecule has 3 aliphatic rings. The Hall–Kier alpha value is -1.68. The number of aromatic nitrogens is 1. The first-order chi connectivity index (χ1) is 12.8. The van der Waals surface area contributed by atoms with Gasteiger partial charge < -0.3 is 20.4 Å². The predicted molar refractivity (Wildman–Crippen MR) is 103 cm³/mol. The monoisotopic (exact) mass is 407 g/mol. The molecular weight excluding hydrogens is 386 g/mol. The zero-order valence-electron chi connectivity index (χ0n) is 15.2. The van der Waals surface area contributed by atoms with Gasteiger partial charge in [0, 0.05) is 28.8 Å². The predicted octanol–water partition coefficient (Wildman–Crippen LogP) is 1.76. The number of aliphatic hydroxyl groups is 1. The van der Waals surface area contributed by atoms with Gasteiger partial charge in [0.2, 0.25) is 5.91 Å². The summed E-state index contributed by atoms with van der Waals surface area (Å²) in [6.07, 6.45) is 1.34. The Bertz CT molecular complexity index is 876. The molecule has 0 aliphatic carbocycles. The van der Waals surface area contributed by atoms with Crippen LogP contribution in [0.5, 0.6) is 0 Å². The zero-order chi connectivity index (χ0) is 19.5. The molecule has 0 spiro atoms. The second-order valence-electron chi connectivity index (χ2n) is 7.23. The van der Waals surface area contributed by atoms with E-state index in [0.29, 0.717) is 10.9 Å². The van der Waals surface area contributed by atoms with Crippen LogP contribution < -0.4 is 5.32 Å². The molecule has 0 bridgehead atoms. The van der Waals surface area contributed by atoms with Crippen molar-refractivity contribution in [1.29, 1.82) is 0 Å². The summed E-state index contributed by atoms with van der Waals surface area (Å²) < 4.78 is 0.759. The summed E-state index contributed by atoms with van der Waals surface area (Å²) in [6.45, 7) is 6.35. The molecule has 27 heavy (non-hydrogen) atoms. The summed E-state index contributed by atoms with van der Waals surface area (Å²) in [5.41, 5.74) is 2.08. The third kappa shape index (κ3) is 2.93. The van der Waals surface area contributed by atoms with E-state index in [9.17, 15) is 19.8 Å². The lowest BCUT2D eigenvalue weighted by Crippen LogP contribution is -2.63. The summed E-state index contributed by atoms with van der Waals surface area (Å²) in [6, 6.07) is 0.0222. The van der Waals surface area contributed by atoms with Crippen molar-refractivity contribution in [1.82, 2.24) is 15.2 Å². The summed E-state index contributed by atoms with van der Waals surface area (Å²) in [4.78, 5) is 30.9. The molecule has 1 saturated heterocycles. The molecule has 1 amide bonds. The third-order valence-corrected chi connectivity index (χ3v) is 7.61. The van der Waals surface area contributed by atoms with Gasteiger partial charge >= 0.3 is 5.97 Å². The molecule has 3 aliphatic heterocycles. The highest BCUT2D eigenvalue weighted by Gasteiger charge is 2.60. The van der Waals surface area contributed by atoms with Crippen molar-refractivity contribution >= 4 is 40.5 Å². The number of aliphatic carboxylic acids is 1. The van der Waals surface area contributed by atoms with Crippen molar-refractivity contribution in [2.24, 2.45) is 11.8 Å². The van der Waals surface area contributed by atoms with Crippen molar-refractivity contribution in [3.8, 4) is 0 Å². The lowest BCUT2D eigenvalue weighted by atomic mass is 9.79. The summed E-state index contributed by atoms with van der Waals surface area (Å²) in [7, 11) is 0. The fourth-order valence-electron chi connectivity index (χ4n) is 4.07. The van der Waals surface area contributed by atoms with Crippen LogP contribution in [0, 0.1) is 11.8 Å². The van der Waals surface area contributed by atoms with Gasteiger partial charge in [-0.1, -0.05) is 24.8 Å². The standard InChI is InChI=1S/C18H21N3O4S2/c1-7-4-10(5-19-7)11-6-26-18(20-11)27-15-8(2)13-12(9(3)22)16(23)21(13)14(15)17(24)25/h4,6-9,12-13,19,22H,5H2,1-3H3,(H,24,25)/t7-,8+,9+,12+,13+/m0/s1. The number of nitrogens with zero attached hydrogens (tertiary/aromatic N) is 2. The van der Waals surface area contributed by atoms with Crippen LogP contribution in [0.25, 0.3) is 5.57 Å². The maximum Gasteiger partial charge on any atom is 0.353 e. The Balaban J connectivity index is 1.62.